The number of carbonyl (C=O) groups is 1. The van der Waals surface area contributed by atoms with Gasteiger partial charge in [0.15, 0.2) is 11.5 Å². The van der Waals surface area contributed by atoms with Crippen molar-refractivity contribution < 1.29 is 14.3 Å². The number of hydrogen-bond acceptors (Lipinski definition) is 4. The van der Waals surface area contributed by atoms with Crippen LogP contribution in [0.25, 0.3) is 10.9 Å². The summed E-state index contributed by atoms with van der Waals surface area (Å²) < 4.78 is 11.2. The topological polar surface area (TPSA) is 66.6 Å². The second kappa shape index (κ2) is 8.90. The molecule has 0 saturated carbocycles. The van der Waals surface area contributed by atoms with E-state index in [1.165, 1.54) is 0 Å². The fourth-order valence-corrected chi connectivity index (χ4v) is 4.28. The molecule has 1 aliphatic heterocycles. The average molecular weight is 442 g/mol. The Bertz CT molecular complexity index is 1280. The summed E-state index contributed by atoms with van der Waals surface area (Å²) in [5, 5.41) is 4.30. The molecule has 0 bridgehead atoms. The van der Waals surface area contributed by atoms with Crippen molar-refractivity contribution in [2.45, 2.75) is 5.92 Å². The number of hydrogen-bond donors (Lipinski definition) is 2. The van der Waals surface area contributed by atoms with Gasteiger partial charge in [-0.1, -0.05) is 30.3 Å². The molecule has 5 rings (SSSR count). The van der Waals surface area contributed by atoms with Gasteiger partial charge in [-0.3, -0.25) is 4.79 Å². The molecule has 1 aliphatic rings. The Morgan fingerprint density at radius 2 is 1.76 bits per heavy atom. The van der Waals surface area contributed by atoms with Gasteiger partial charge in [0.2, 0.25) is 0 Å². The van der Waals surface area contributed by atoms with Crippen LogP contribution in [-0.4, -0.2) is 44.7 Å². The molecule has 0 aliphatic carbocycles. The highest BCUT2D eigenvalue weighted by Gasteiger charge is 2.21. The summed E-state index contributed by atoms with van der Waals surface area (Å²) in [5.41, 5.74) is 5.08. The van der Waals surface area contributed by atoms with Crippen LogP contribution in [0.3, 0.4) is 0 Å². The predicted octanol–water partition coefficient (Wildman–Crippen LogP) is 4.57. The van der Waals surface area contributed by atoms with Crippen LogP contribution in [-0.2, 0) is 0 Å². The Labute approximate surface area is 193 Å². The van der Waals surface area contributed by atoms with E-state index in [0.29, 0.717) is 36.8 Å². The Morgan fingerprint density at radius 1 is 1.00 bits per heavy atom. The molecule has 2 heterocycles. The van der Waals surface area contributed by atoms with Crippen LogP contribution < -0.4 is 19.7 Å². The van der Waals surface area contributed by atoms with E-state index in [2.05, 4.69) is 51.6 Å². The molecular formula is C27H27N3O3. The molecule has 6 nitrogen and oxygen atoms in total. The summed E-state index contributed by atoms with van der Waals surface area (Å²) in [7, 11) is 4.05. The normalized spacial score (nSPS) is 13.5. The lowest BCUT2D eigenvalue weighted by Gasteiger charge is -2.21. The average Bonchev–Trinajstić information content (AvgIpc) is 3.28. The van der Waals surface area contributed by atoms with E-state index >= 15 is 0 Å². The number of aromatic nitrogens is 1. The molecule has 1 aromatic heterocycles. The van der Waals surface area contributed by atoms with Gasteiger partial charge >= 0.3 is 0 Å². The number of aromatic amines is 1. The van der Waals surface area contributed by atoms with Crippen molar-refractivity contribution in [3.8, 4) is 11.5 Å². The Hall–Kier alpha value is -3.93. The first-order valence-electron chi connectivity index (χ1n) is 11.1. The molecule has 0 spiro atoms. The van der Waals surface area contributed by atoms with Gasteiger partial charge in [0.1, 0.15) is 13.2 Å². The van der Waals surface area contributed by atoms with Gasteiger partial charge in [0, 0.05) is 54.9 Å². The molecular weight excluding hydrogens is 414 g/mol. The fourth-order valence-electron chi connectivity index (χ4n) is 4.28. The number of benzene rings is 3. The van der Waals surface area contributed by atoms with Crippen molar-refractivity contribution in [2.75, 3.05) is 38.8 Å². The molecule has 4 aromatic rings. The van der Waals surface area contributed by atoms with E-state index in [-0.39, 0.29) is 11.8 Å². The minimum atomic E-state index is -0.137. The Kier molecular flexibility index (Phi) is 5.65. The summed E-state index contributed by atoms with van der Waals surface area (Å²) in [6.45, 7) is 1.48. The number of H-pyrrole nitrogens is 1. The third kappa shape index (κ3) is 4.24. The first-order chi connectivity index (χ1) is 16.1. The van der Waals surface area contributed by atoms with E-state index in [0.717, 1.165) is 27.7 Å². The number of para-hydroxylation sites is 1. The molecule has 33 heavy (non-hydrogen) atoms. The van der Waals surface area contributed by atoms with E-state index in [1.54, 1.807) is 18.2 Å². The highest BCUT2D eigenvalue weighted by Crippen LogP contribution is 2.33. The van der Waals surface area contributed by atoms with Gasteiger partial charge in [0.05, 0.1) is 0 Å². The number of nitrogens with zero attached hydrogens (tertiary/aromatic N) is 1. The number of ether oxygens (including phenoxy) is 2. The van der Waals surface area contributed by atoms with Crippen LogP contribution in [0.4, 0.5) is 5.69 Å². The third-order valence-electron chi connectivity index (χ3n) is 6.08. The number of carbonyl (C=O) groups excluding carboxylic acids is 1. The van der Waals surface area contributed by atoms with Crippen LogP contribution in [0.15, 0.2) is 72.9 Å². The van der Waals surface area contributed by atoms with Gasteiger partial charge in [-0.05, 0) is 47.5 Å². The van der Waals surface area contributed by atoms with Gasteiger partial charge in [-0.2, -0.15) is 0 Å². The maximum Gasteiger partial charge on any atom is 0.251 e. The van der Waals surface area contributed by atoms with Gasteiger partial charge in [-0.15, -0.1) is 0 Å². The summed E-state index contributed by atoms with van der Waals surface area (Å²) >= 11 is 0. The van der Waals surface area contributed by atoms with E-state index in [4.69, 9.17) is 9.47 Å². The second-order valence-corrected chi connectivity index (χ2v) is 8.40. The molecule has 0 saturated heterocycles. The van der Waals surface area contributed by atoms with Crippen molar-refractivity contribution in [3.05, 3.63) is 89.6 Å². The monoisotopic (exact) mass is 441 g/mol. The molecule has 6 heteroatoms. The maximum absolute atomic E-state index is 13.0. The zero-order valence-corrected chi connectivity index (χ0v) is 18.8. The largest absolute Gasteiger partial charge is 0.486 e. The van der Waals surface area contributed by atoms with E-state index < -0.39 is 0 Å². The van der Waals surface area contributed by atoms with Crippen molar-refractivity contribution in [2.24, 2.45) is 0 Å². The number of fused-ring (bicyclic) bond motifs is 2. The number of nitrogens with one attached hydrogen (secondary N) is 2. The lowest BCUT2D eigenvalue weighted by atomic mass is 9.90. The molecule has 3 aromatic carbocycles. The number of amides is 1. The quantitative estimate of drug-likeness (QED) is 0.460. The van der Waals surface area contributed by atoms with Crippen LogP contribution >= 0.6 is 0 Å². The summed E-state index contributed by atoms with van der Waals surface area (Å²) in [6, 6.07) is 22.1. The lowest BCUT2D eigenvalue weighted by Crippen LogP contribution is -2.29. The van der Waals surface area contributed by atoms with Gasteiger partial charge in [0.25, 0.3) is 5.91 Å². The molecule has 1 atom stereocenters. The van der Waals surface area contributed by atoms with Crippen molar-refractivity contribution in [1.29, 1.82) is 0 Å². The fraction of sp³-hybridized carbons (Fsp3) is 0.222. The molecule has 0 unspecified atom stereocenters. The van der Waals surface area contributed by atoms with Crippen molar-refractivity contribution in [3.63, 3.8) is 0 Å². The van der Waals surface area contributed by atoms with Crippen LogP contribution in [0, 0.1) is 0 Å². The minimum Gasteiger partial charge on any atom is -0.486 e. The number of anilines is 1. The molecule has 2 N–H and O–H groups in total. The van der Waals surface area contributed by atoms with Crippen molar-refractivity contribution >= 4 is 22.5 Å². The van der Waals surface area contributed by atoms with Crippen LogP contribution in [0.5, 0.6) is 11.5 Å². The SMILES string of the molecule is CN(C)c1ccc([C@@H](CNC(=O)c2ccc3c(c2)OCCO3)c2c[nH]c3ccccc23)cc1. The predicted molar refractivity (Wildman–Crippen MR) is 131 cm³/mol. The molecule has 1 amide bonds. The van der Waals surface area contributed by atoms with Crippen molar-refractivity contribution in [1.82, 2.24) is 10.3 Å². The Morgan fingerprint density at radius 3 is 2.55 bits per heavy atom. The zero-order chi connectivity index (χ0) is 22.8. The first kappa shape index (κ1) is 20.9. The van der Waals surface area contributed by atoms with Gasteiger partial charge in [-0.25, -0.2) is 0 Å². The lowest BCUT2D eigenvalue weighted by molar-refractivity contribution is 0.0951. The standard InChI is InChI=1S/C27H27N3O3/c1-30(2)20-10-7-18(8-11-20)22(23-17-28-24-6-4-3-5-21(23)24)16-29-27(31)19-9-12-25-26(15-19)33-14-13-32-25/h3-12,15,17,22,28H,13-14,16H2,1-2H3,(H,29,31)/t22-/m1/s1. The molecule has 0 fully saturated rings. The summed E-state index contributed by atoms with van der Waals surface area (Å²) in [4.78, 5) is 18.5. The molecule has 168 valence electrons. The van der Waals surface area contributed by atoms with Crippen LogP contribution in [0.2, 0.25) is 0 Å². The smallest absolute Gasteiger partial charge is 0.251 e. The highest BCUT2D eigenvalue weighted by atomic mass is 16.6. The second-order valence-electron chi connectivity index (χ2n) is 8.40. The summed E-state index contributed by atoms with van der Waals surface area (Å²) in [6.07, 6.45) is 2.05. The minimum absolute atomic E-state index is 0.00137. The van der Waals surface area contributed by atoms with Crippen LogP contribution in [0.1, 0.15) is 27.4 Å². The first-order valence-corrected chi connectivity index (χ1v) is 11.1. The van der Waals surface area contributed by atoms with E-state index in [9.17, 15) is 4.79 Å². The summed E-state index contributed by atoms with van der Waals surface area (Å²) in [5.74, 6) is 1.15. The number of rotatable bonds is 6. The maximum atomic E-state index is 13.0. The Balaban J connectivity index is 1.43. The van der Waals surface area contributed by atoms with E-state index in [1.807, 2.05) is 32.4 Å². The third-order valence-corrected chi connectivity index (χ3v) is 6.08. The van der Waals surface area contributed by atoms with Gasteiger partial charge < -0.3 is 24.7 Å². The highest BCUT2D eigenvalue weighted by molar-refractivity contribution is 5.95. The molecule has 0 radical (unpaired) electrons. The zero-order valence-electron chi connectivity index (χ0n) is 18.8.